The van der Waals surface area contributed by atoms with Gasteiger partial charge >= 0.3 is 5.97 Å². The summed E-state index contributed by atoms with van der Waals surface area (Å²) in [4.78, 5) is 24.8. The Morgan fingerprint density at radius 2 is 1.32 bits per heavy atom. The summed E-state index contributed by atoms with van der Waals surface area (Å²) >= 11 is 1.02. The topological polar surface area (TPSA) is 367 Å². The number of phenolic OH excluding ortho intramolecular Hbond substituents is 2. The van der Waals surface area contributed by atoms with Crippen LogP contribution in [0.25, 0.3) is 10.8 Å². The summed E-state index contributed by atoms with van der Waals surface area (Å²) in [5.41, 5.74) is 5.17. The van der Waals surface area contributed by atoms with Crippen molar-refractivity contribution in [3.05, 3.63) is 106 Å². The quantitative estimate of drug-likeness (QED) is 0.0143. The third-order valence-corrected chi connectivity index (χ3v) is 11.2. The van der Waals surface area contributed by atoms with Crippen LogP contribution in [0.2, 0.25) is 0 Å². The number of aromatic carboxylic acids is 1. The minimum absolute atomic E-state index is 0. The molecule has 0 aliphatic carbocycles. The zero-order chi connectivity index (χ0) is 47.6. The molecule has 0 aliphatic rings. The number of fused-ring (bicyclic) bond motifs is 1. The van der Waals surface area contributed by atoms with Crippen LogP contribution in [0.3, 0.4) is 0 Å². The van der Waals surface area contributed by atoms with Gasteiger partial charge in [-0.3, -0.25) is 4.55 Å². The predicted molar refractivity (Wildman–Crippen MR) is 241 cm³/mol. The van der Waals surface area contributed by atoms with E-state index in [1.165, 1.54) is 50.6 Å². The summed E-state index contributed by atoms with van der Waals surface area (Å²) in [6.45, 7) is 1.77. The van der Waals surface area contributed by atoms with Gasteiger partial charge in [0.05, 0.1) is 52.9 Å². The van der Waals surface area contributed by atoms with Crippen molar-refractivity contribution < 1.29 is 78.0 Å². The number of carboxylic acids is 1. The number of carboxylic acid groups (broad SMARTS) is 1. The Bertz CT molecular complexity index is 2960. The number of azo groups is 3. The van der Waals surface area contributed by atoms with Crippen LogP contribution in [0, 0.1) is 9.93 Å². The van der Waals surface area contributed by atoms with Gasteiger partial charge in [-0.05, 0) is 72.8 Å². The summed E-state index contributed by atoms with van der Waals surface area (Å²) in [6, 6.07) is 21.1. The first-order valence-corrected chi connectivity index (χ1v) is 21.8. The molecule has 0 bridgehead atoms. The zero-order valence-electron chi connectivity index (χ0n) is 34.1. The second-order valence-corrected chi connectivity index (χ2v) is 16.5. The second kappa shape index (κ2) is 22.3. The molecule has 6 aromatic carbocycles. The van der Waals surface area contributed by atoms with E-state index in [0.717, 1.165) is 36.2 Å². The van der Waals surface area contributed by atoms with Crippen LogP contribution in [0.5, 0.6) is 28.7 Å². The molecule has 0 saturated carbocycles. The molecule has 0 saturated heterocycles. The SMILES string of the molecule is CCOc1cc(N=Nc2c(S(O)(O)O)cc3cc(S(=O)(=O)O)cc(NSc4ccccc4)c3c2O)c(O)cc1N=Nc1cc(OC)c(N=Nc2ccc(N)c(C(=O)O)c2)cc1OC.O=O.[Cu]. The van der Waals surface area contributed by atoms with E-state index in [1.807, 2.05) is 0 Å². The first kappa shape index (κ1) is 51.7. The van der Waals surface area contributed by atoms with E-state index in [4.69, 9.17) is 29.9 Å². The average molecular weight is 1020 g/mol. The monoisotopic (exact) mass is 1020 g/mol. The van der Waals surface area contributed by atoms with Crippen molar-refractivity contribution in [2.45, 2.75) is 21.6 Å². The molecule has 351 valence electrons. The number of nitrogens with two attached hydrogens (primary N) is 1. The number of nitrogen functional groups attached to an aromatic ring is 1. The van der Waals surface area contributed by atoms with Gasteiger partial charge in [0.1, 0.15) is 62.3 Å². The third-order valence-electron chi connectivity index (χ3n) is 8.64. The van der Waals surface area contributed by atoms with Crippen molar-refractivity contribution in [1.29, 1.82) is 0 Å². The second-order valence-electron chi connectivity index (χ2n) is 12.8. The van der Waals surface area contributed by atoms with Crippen LogP contribution in [0.1, 0.15) is 17.3 Å². The summed E-state index contributed by atoms with van der Waals surface area (Å²) in [5, 5.41) is 56.5. The van der Waals surface area contributed by atoms with Crippen molar-refractivity contribution >= 4 is 95.2 Å². The number of benzene rings is 6. The first-order chi connectivity index (χ1) is 30.9. The number of phenols is 2. The van der Waals surface area contributed by atoms with E-state index in [0.29, 0.717) is 4.90 Å². The maximum Gasteiger partial charge on any atom is 0.337 e. The number of ether oxygens (including phenoxy) is 3. The Balaban J connectivity index is 0.00000313. The van der Waals surface area contributed by atoms with E-state index in [1.54, 1.807) is 37.3 Å². The van der Waals surface area contributed by atoms with E-state index in [-0.39, 0.29) is 97.1 Å². The van der Waals surface area contributed by atoms with Crippen LogP contribution >= 0.6 is 22.8 Å². The smallest absolute Gasteiger partial charge is 0.337 e. The van der Waals surface area contributed by atoms with Gasteiger partial charge in [-0.15, -0.1) is 25.6 Å². The standard InChI is InChI=1S/C39H36N8O13S3.Cu.O2/c1-4-60-34-17-26(31(48)16-27(34)44-45-29-19-32(58-2)28(18-33(29)59-3)43-41-21-10-11-25(40)24(14-21)39(50)51)42-46-37-35(63(55,56)57)13-20-12-23(62(52,53)54)15-30(36(20)38(37)49)47-61-22-8-6-5-7-9-22;;1-2/h5-19,47-49,55-57H,4,40H2,1-3H3,(H,50,51)(H,52,53,54);;. The minimum Gasteiger partial charge on any atom is -0.506 e. The number of nitrogens with one attached hydrogen (secondary N) is 1. The molecular weight excluding hydrogens is 980 g/mol. The summed E-state index contributed by atoms with van der Waals surface area (Å²) in [6.07, 6.45) is 0. The number of nitrogens with zero attached hydrogens (tertiary/aromatic N) is 6. The van der Waals surface area contributed by atoms with Crippen molar-refractivity contribution in [1.82, 2.24) is 0 Å². The van der Waals surface area contributed by atoms with Gasteiger partial charge in [-0.1, -0.05) is 18.2 Å². The van der Waals surface area contributed by atoms with Crippen molar-refractivity contribution in [2.24, 2.45) is 30.7 Å². The van der Waals surface area contributed by atoms with E-state index in [9.17, 15) is 46.7 Å². The molecule has 0 unspecified atom stereocenters. The fraction of sp³-hybridized carbons (Fsp3) is 0.103. The summed E-state index contributed by atoms with van der Waals surface area (Å²) in [7, 11) is -6.78. The molecule has 0 heterocycles. The zero-order valence-corrected chi connectivity index (χ0v) is 37.4. The average Bonchev–Trinajstić information content (AvgIpc) is 3.27. The van der Waals surface area contributed by atoms with Crippen LogP contribution < -0.4 is 24.7 Å². The maximum absolute atomic E-state index is 12.2. The molecule has 27 heteroatoms. The molecule has 66 heavy (non-hydrogen) atoms. The fourth-order valence-corrected chi connectivity index (χ4v) is 7.62. The maximum atomic E-state index is 12.2. The third kappa shape index (κ3) is 12.2. The number of anilines is 2. The van der Waals surface area contributed by atoms with Crippen molar-refractivity contribution in [3.8, 4) is 28.7 Å². The van der Waals surface area contributed by atoms with Gasteiger partial charge < -0.3 is 53.6 Å². The van der Waals surface area contributed by atoms with E-state index < -0.39 is 53.9 Å². The summed E-state index contributed by atoms with van der Waals surface area (Å²) in [5.74, 6) is -2.19. The van der Waals surface area contributed by atoms with Crippen LogP contribution in [0.15, 0.2) is 136 Å². The predicted octanol–water partition coefficient (Wildman–Crippen LogP) is 11.2. The molecule has 0 fully saturated rings. The molecule has 0 aromatic heterocycles. The number of hydrogen-bond acceptors (Lipinski definition) is 22. The molecule has 0 amide bonds. The number of rotatable bonds is 16. The molecule has 0 atom stereocenters. The van der Waals surface area contributed by atoms with Gasteiger partial charge in [0.2, 0.25) is 0 Å². The molecule has 1 radical (unpaired) electrons. The fourth-order valence-electron chi connectivity index (χ4n) is 5.71. The number of aromatic hydroxyl groups is 2. The summed E-state index contributed by atoms with van der Waals surface area (Å²) < 4.78 is 85.1. The number of carbonyl (C=O) groups is 1. The molecular formula is C39H36CuN8O15S3. The van der Waals surface area contributed by atoms with Crippen molar-refractivity contribution in [2.75, 3.05) is 31.3 Å². The molecule has 0 aliphatic heterocycles. The largest absolute Gasteiger partial charge is 0.506 e. The first-order valence-electron chi connectivity index (χ1n) is 18.0. The van der Waals surface area contributed by atoms with E-state index in [2.05, 4.69) is 35.4 Å². The van der Waals surface area contributed by atoms with Gasteiger partial charge in [0.15, 0.2) is 5.75 Å². The number of methoxy groups -OCH3 is 2. The van der Waals surface area contributed by atoms with Gasteiger partial charge in [-0.25, -0.2) is 4.79 Å². The number of hydrogen-bond donors (Lipinski definition) is 9. The molecule has 23 nitrogen and oxygen atoms in total. The molecule has 10 N–H and O–H groups in total. The Hall–Kier alpha value is -6.94. The molecule has 6 aromatic rings. The normalized spacial score (nSPS) is 11.9. The molecule has 0 spiro atoms. The Labute approximate surface area is 390 Å². The Morgan fingerprint density at radius 3 is 1.88 bits per heavy atom. The van der Waals surface area contributed by atoms with Crippen LogP contribution in [0.4, 0.5) is 45.5 Å². The van der Waals surface area contributed by atoms with Gasteiger partial charge in [-0.2, -0.15) is 13.5 Å². The van der Waals surface area contributed by atoms with Crippen LogP contribution in [-0.2, 0) is 27.2 Å². The minimum atomic E-state index is -4.82. The van der Waals surface area contributed by atoms with E-state index >= 15 is 0 Å². The van der Waals surface area contributed by atoms with Gasteiger partial charge in [0.25, 0.3) is 10.1 Å². The Morgan fingerprint density at radius 1 is 0.742 bits per heavy atom. The van der Waals surface area contributed by atoms with Gasteiger partial charge in [0, 0.05) is 61.8 Å². The Kier molecular flexibility index (Phi) is 17.5. The van der Waals surface area contributed by atoms with Crippen LogP contribution in [-0.4, -0.2) is 68.7 Å². The molecule has 6 rings (SSSR count). The van der Waals surface area contributed by atoms with Crippen molar-refractivity contribution in [3.63, 3.8) is 0 Å².